The molecule has 2 rings (SSSR count). The first-order chi connectivity index (χ1) is 15.2. The van der Waals surface area contributed by atoms with Crippen LogP contribution in [-0.4, -0.2) is 32.3 Å². The second-order valence-electron chi connectivity index (χ2n) is 7.30. The lowest BCUT2D eigenvalue weighted by Crippen LogP contribution is -2.13. The molecule has 7 nitrogen and oxygen atoms in total. The molecule has 0 bridgehead atoms. The molecular weight excluding hydrogens is 488 g/mol. The van der Waals surface area contributed by atoms with Gasteiger partial charge in [0.25, 0.3) is 0 Å². The summed E-state index contributed by atoms with van der Waals surface area (Å²) in [6.45, 7) is 0.452. The van der Waals surface area contributed by atoms with Gasteiger partial charge in [-0.25, -0.2) is 0 Å². The molecule has 33 heavy (non-hydrogen) atoms. The van der Waals surface area contributed by atoms with Crippen LogP contribution in [0.3, 0.4) is 0 Å². The van der Waals surface area contributed by atoms with Gasteiger partial charge < -0.3 is 19.6 Å². The zero-order valence-corrected chi connectivity index (χ0v) is 19.0. The molecule has 0 aromatic heterocycles. The van der Waals surface area contributed by atoms with Gasteiger partial charge in [-0.05, 0) is 43.0 Å². The molecule has 0 spiro atoms. The molecule has 13 heteroatoms. The maximum Gasteiger partial charge on any atom is 0.399 e. The van der Waals surface area contributed by atoms with E-state index in [1.54, 1.807) is 6.21 Å². The fourth-order valence-electron chi connectivity index (χ4n) is 2.87. The Morgan fingerprint density at radius 2 is 1.12 bits per heavy atom. The lowest BCUT2D eigenvalue weighted by molar-refractivity contribution is 0.0564. The van der Waals surface area contributed by atoms with E-state index in [0.29, 0.717) is 43.4 Å². The third-order valence-corrected chi connectivity index (χ3v) is 6.76. The molecule has 0 heterocycles. The standard InChI is InChI=1S/C20H23F4NO6P2/c21-19(22,32(26,27)28)17-9-5-15(6-10-17)3-1-13-25-14-2-4-16-7-11-18(12-8-16)20(23,24)33(29,30)31/h5-13H,1-4,14H2,(H2,26,27,28)(H2,29,30,31)/b25-13-. The average Bonchev–Trinajstić information content (AvgIpc) is 2.72. The van der Waals surface area contributed by atoms with Crippen molar-refractivity contribution in [2.75, 3.05) is 6.54 Å². The Bertz CT molecular complexity index is 1050. The van der Waals surface area contributed by atoms with Gasteiger partial charge in [-0.2, -0.15) is 17.6 Å². The van der Waals surface area contributed by atoms with Crippen LogP contribution in [0.25, 0.3) is 0 Å². The summed E-state index contributed by atoms with van der Waals surface area (Å²) in [7, 11) is -11.2. The van der Waals surface area contributed by atoms with Gasteiger partial charge in [-0.1, -0.05) is 48.5 Å². The Morgan fingerprint density at radius 3 is 1.52 bits per heavy atom. The van der Waals surface area contributed by atoms with Crippen molar-refractivity contribution in [3.63, 3.8) is 0 Å². The molecule has 0 radical (unpaired) electrons. The number of benzene rings is 2. The molecule has 2 aromatic carbocycles. The summed E-state index contributed by atoms with van der Waals surface area (Å²) < 4.78 is 76.2. The molecule has 4 N–H and O–H groups in total. The minimum absolute atomic E-state index is 0.452. The molecular formula is C20H23F4NO6P2. The first kappa shape index (κ1) is 27.4. The van der Waals surface area contributed by atoms with Gasteiger partial charge >= 0.3 is 26.5 Å². The van der Waals surface area contributed by atoms with Crippen LogP contribution < -0.4 is 0 Å². The smallest absolute Gasteiger partial charge is 0.320 e. The first-order valence-electron chi connectivity index (χ1n) is 9.70. The quantitative estimate of drug-likeness (QED) is 0.149. The van der Waals surface area contributed by atoms with Crippen molar-refractivity contribution in [1.29, 1.82) is 0 Å². The van der Waals surface area contributed by atoms with Crippen molar-refractivity contribution in [3.05, 3.63) is 70.8 Å². The number of rotatable bonds is 11. The molecule has 0 saturated heterocycles. The van der Waals surface area contributed by atoms with Crippen LogP contribution in [0.4, 0.5) is 17.6 Å². The van der Waals surface area contributed by atoms with E-state index in [1.165, 1.54) is 24.3 Å². The van der Waals surface area contributed by atoms with E-state index < -0.39 is 37.6 Å². The Kier molecular flexibility index (Phi) is 8.79. The van der Waals surface area contributed by atoms with Crippen molar-refractivity contribution in [2.45, 2.75) is 37.0 Å². The van der Waals surface area contributed by atoms with E-state index in [-0.39, 0.29) is 0 Å². The molecule has 2 aromatic rings. The van der Waals surface area contributed by atoms with Crippen LogP contribution in [0, 0.1) is 0 Å². The summed E-state index contributed by atoms with van der Waals surface area (Å²) in [6, 6.07) is 9.42. The van der Waals surface area contributed by atoms with Crippen molar-refractivity contribution in [1.82, 2.24) is 0 Å². The molecule has 0 aliphatic rings. The van der Waals surface area contributed by atoms with Crippen molar-refractivity contribution in [3.8, 4) is 0 Å². The molecule has 0 amide bonds. The van der Waals surface area contributed by atoms with E-state index in [1.807, 2.05) is 0 Å². The molecule has 182 valence electrons. The van der Waals surface area contributed by atoms with Crippen LogP contribution in [-0.2, 0) is 33.3 Å². The molecule has 0 unspecified atom stereocenters. The molecule has 0 fully saturated rings. The normalized spacial score (nSPS) is 13.6. The summed E-state index contributed by atoms with van der Waals surface area (Å²) in [5.41, 5.74) is -8.59. The van der Waals surface area contributed by atoms with Gasteiger partial charge in [-0.15, -0.1) is 0 Å². The predicted octanol–water partition coefficient (Wildman–Crippen LogP) is 4.78. The zero-order chi connectivity index (χ0) is 24.9. The second-order valence-corrected chi connectivity index (χ2v) is 10.6. The summed E-state index contributed by atoms with van der Waals surface area (Å²) >= 11 is 0. The Balaban J connectivity index is 1.76. The third kappa shape index (κ3) is 7.06. The summed E-state index contributed by atoms with van der Waals surface area (Å²) in [5, 5.41) is 0. The Morgan fingerprint density at radius 1 is 0.727 bits per heavy atom. The van der Waals surface area contributed by atoms with Gasteiger partial charge in [-0.3, -0.25) is 14.1 Å². The van der Waals surface area contributed by atoms with Crippen molar-refractivity contribution < 1.29 is 46.3 Å². The Labute approximate surface area is 187 Å². The fraction of sp³-hybridized carbons (Fsp3) is 0.350. The topological polar surface area (TPSA) is 127 Å². The number of aliphatic imine (C=N–C) groups is 1. The zero-order valence-electron chi connectivity index (χ0n) is 17.2. The lowest BCUT2D eigenvalue weighted by atomic mass is 10.1. The summed E-state index contributed by atoms with van der Waals surface area (Å²) in [6.07, 6.45) is 3.79. The highest BCUT2D eigenvalue weighted by Gasteiger charge is 2.51. The van der Waals surface area contributed by atoms with Gasteiger partial charge in [0.05, 0.1) is 0 Å². The van der Waals surface area contributed by atoms with Crippen LogP contribution >= 0.6 is 15.2 Å². The van der Waals surface area contributed by atoms with Crippen LogP contribution in [0.1, 0.15) is 35.1 Å². The number of halogens is 4. The minimum Gasteiger partial charge on any atom is -0.320 e. The molecule has 0 aliphatic heterocycles. The molecule has 0 atom stereocenters. The minimum atomic E-state index is -5.60. The van der Waals surface area contributed by atoms with E-state index in [0.717, 1.165) is 24.3 Å². The largest absolute Gasteiger partial charge is 0.399 e. The summed E-state index contributed by atoms with van der Waals surface area (Å²) in [4.78, 5) is 39.2. The second kappa shape index (κ2) is 10.6. The highest BCUT2D eigenvalue weighted by Crippen LogP contribution is 2.59. The van der Waals surface area contributed by atoms with Crippen LogP contribution in [0.15, 0.2) is 53.5 Å². The highest BCUT2D eigenvalue weighted by atomic mass is 31.2. The van der Waals surface area contributed by atoms with Gasteiger partial charge in [0.2, 0.25) is 0 Å². The maximum atomic E-state index is 13.6. The maximum absolute atomic E-state index is 13.6. The van der Waals surface area contributed by atoms with E-state index >= 15 is 0 Å². The van der Waals surface area contributed by atoms with E-state index in [9.17, 15) is 26.7 Å². The predicted molar refractivity (Wildman–Crippen MR) is 115 cm³/mol. The highest BCUT2D eigenvalue weighted by molar-refractivity contribution is 7.52. The first-order valence-corrected chi connectivity index (χ1v) is 12.9. The third-order valence-electron chi connectivity index (χ3n) is 4.78. The van der Waals surface area contributed by atoms with E-state index in [4.69, 9.17) is 19.6 Å². The molecule has 0 aliphatic carbocycles. The lowest BCUT2D eigenvalue weighted by Gasteiger charge is -2.18. The summed E-state index contributed by atoms with van der Waals surface area (Å²) in [5.74, 6) is 0. The number of nitrogens with zero attached hydrogens (tertiary/aromatic N) is 1. The van der Waals surface area contributed by atoms with Gasteiger partial charge in [0, 0.05) is 17.7 Å². The van der Waals surface area contributed by atoms with Crippen LogP contribution in [0.5, 0.6) is 0 Å². The van der Waals surface area contributed by atoms with Gasteiger partial charge in [0.15, 0.2) is 0 Å². The van der Waals surface area contributed by atoms with Gasteiger partial charge in [0.1, 0.15) is 0 Å². The van der Waals surface area contributed by atoms with Crippen molar-refractivity contribution in [2.24, 2.45) is 4.99 Å². The van der Waals surface area contributed by atoms with Crippen LogP contribution in [0.2, 0.25) is 0 Å². The SMILES string of the molecule is O=P(O)(O)C(F)(F)c1ccc(CC/C=N\CCCc2ccc(C(F)(F)P(=O)(O)O)cc2)cc1. The average molecular weight is 511 g/mol. The van der Waals surface area contributed by atoms with Crippen molar-refractivity contribution >= 4 is 21.4 Å². The number of hydrogen-bond acceptors (Lipinski definition) is 3. The monoisotopic (exact) mass is 511 g/mol. The number of aryl methyl sites for hydroxylation is 2. The Hall–Kier alpha value is -1.87. The van der Waals surface area contributed by atoms with E-state index in [2.05, 4.69) is 4.99 Å². The number of alkyl halides is 4. The fourth-order valence-corrected chi connectivity index (χ4v) is 3.84. The molecule has 0 saturated carbocycles. The number of hydrogen-bond donors (Lipinski definition) is 4.